The van der Waals surface area contributed by atoms with Gasteiger partial charge in [-0.2, -0.15) is 0 Å². The molecule has 0 spiro atoms. The fraction of sp³-hybridized carbons (Fsp3) is 0.929. The molecule has 100 valence electrons. The summed E-state index contributed by atoms with van der Waals surface area (Å²) in [6.45, 7) is 8.59. The van der Waals surface area contributed by atoms with E-state index < -0.39 is 0 Å². The Bertz CT molecular complexity index is 234. The summed E-state index contributed by atoms with van der Waals surface area (Å²) in [5.74, 6) is 1.77. The third kappa shape index (κ3) is 4.66. The van der Waals surface area contributed by atoms with Crippen LogP contribution in [0.2, 0.25) is 0 Å². The van der Waals surface area contributed by atoms with Crippen LogP contribution in [0.15, 0.2) is 0 Å². The van der Waals surface area contributed by atoms with Gasteiger partial charge in [-0.1, -0.05) is 40.0 Å². The van der Waals surface area contributed by atoms with Gasteiger partial charge < -0.3 is 10.2 Å². The lowest BCUT2D eigenvalue weighted by molar-refractivity contribution is -0.139. The van der Waals surface area contributed by atoms with Crippen molar-refractivity contribution in [3.05, 3.63) is 0 Å². The van der Waals surface area contributed by atoms with Gasteiger partial charge in [0.25, 0.3) is 0 Å². The monoisotopic (exact) mass is 240 g/mol. The average Bonchev–Trinajstić information content (AvgIpc) is 2.24. The van der Waals surface area contributed by atoms with Crippen molar-refractivity contribution in [3.63, 3.8) is 0 Å². The van der Waals surface area contributed by atoms with Gasteiger partial charge in [-0.05, 0) is 25.3 Å². The van der Waals surface area contributed by atoms with Gasteiger partial charge in [0.1, 0.15) is 0 Å². The average molecular weight is 240 g/mol. The van der Waals surface area contributed by atoms with Crippen LogP contribution in [0, 0.1) is 11.8 Å². The minimum Gasteiger partial charge on any atom is -0.341 e. The van der Waals surface area contributed by atoms with Crippen LogP contribution in [-0.2, 0) is 4.79 Å². The summed E-state index contributed by atoms with van der Waals surface area (Å²) in [7, 11) is 1.90. The molecule has 1 heterocycles. The van der Waals surface area contributed by atoms with E-state index in [1.165, 1.54) is 12.8 Å². The molecule has 0 aromatic carbocycles. The van der Waals surface area contributed by atoms with E-state index >= 15 is 0 Å². The number of carbonyl (C=O) groups is 1. The quantitative estimate of drug-likeness (QED) is 0.692. The van der Waals surface area contributed by atoms with Gasteiger partial charge in [0.2, 0.25) is 5.91 Å². The molecular formula is C14H28N2O. The maximum absolute atomic E-state index is 12.1. The Morgan fingerprint density at radius 1 is 1.29 bits per heavy atom. The molecule has 3 heteroatoms. The van der Waals surface area contributed by atoms with Gasteiger partial charge >= 0.3 is 0 Å². The van der Waals surface area contributed by atoms with Crippen LogP contribution < -0.4 is 5.32 Å². The molecule has 17 heavy (non-hydrogen) atoms. The maximum Gasteiger partial charge on any atom is 0.239 e. The van der Waals surface area contributed by atoms with Crippen molar-refractivity contribution in [1.82, 2.24) is 10.2 Å². The standard InChI is InChI=1S/C14H28N2O/c1-11(2)7-5-6-8-13(15-4)14(17)16-9-12(3)10-16/h11-13,15H,5-10H2,1-4H3. The largest absolute Gasteiger partial charge is 0.341 e. The zero-order chi connectivity index (χ0) is 12.8. The summed E-state index contributed by atoms with van der Waals surface area (Å²) in [6.07, 6.45) is 4.64. The van der Waals surface area contributed by atoms with Crippen LogP contribution in [0.25, 0.3) is 0 Å². The number of likely N-dealkylation sites (tertiary alicyclic amines) is 1. The lowest BCUT2D eigenvalue weighted by Crippen LogP contribution is -2.54. The Morgan fingerprint density at radius 3 is 2.35 bits per heavy atom. The van der Waals surface area contributed by atoms with Gasteiger partial charge in [-0.15, -0.1) is 0 Å². The molecule has 0 aromatic heterocycles. The first kappa shape index (κ1) is 14.5. The van der Waals surface area contributed by atoms with Crippen LogP contribution in [-0.4, -0.2) is 37.0 Å². The molecule has 1 unspecified atom stereocenters. The number of carbonyl (C=O) groups excluding carboxylic acids is 1. The summed E-state index contributed by atoms with van der Waals surface area (Å²) >= 11 is 0. The lowest BCUT2D eigenvalue weighted by Gasteiger charge is -2.39. The van der Waals surface area contributed by atoms with E-state index in [1.807, 2.05) is 11.9 Å². The molecule has 1 atom stereocenters. The predicted octanol–water partition coefficient (Wildman–Crippen LogP) is 2.27. The SMILES string of the molecule is CNC(CCCCC(C)C)C(=O)N1CC(C)C1. The molecule has 1 N–H and O–H groups in total. The Balaban J connectivity index is 2.21. The van der Waals surface area contributed by atoms with Crippen molar-refractivity contribution in [2.75, 3.05) is 20.1 Å². The van der Waals surface area contributed by atoms with E-state index in [1.54, 1.807) is 0 Å². The van der Waals surface area contributed by atoms with Gasteiger partial charge in [-0.3, -0.25) is 4.79 Å². The highest BCUT2D eigenvalue weighted by atomic mass is 16.2. The van der Waals surface area contributed by atoms with E-state index in [4.69, 9.17) is 0 Å². The minimum absolute atomic E-state index is 0.0367. The number of hydrogen-bond acceptors (Lipinski definition) is 2. The van der Waals surface area contributed by atoms with Crippen molar-refractivity contribution < 1.29 is 4.79 Å². The van der Waals surface area contributed by atoms with Crippen LogP contribution in [0.3, 0.4) is 0 Å². The number of amides is 1. The normalized spacial score (nSPS) is 18.3. The third-order valence-corrected chi connectivity index (χ3v) is 3.55. The van der Waals surface area contributed by atoms with Crippen molar-refractivity contribution in [3.8, 4) is 0 Å². The molecule has 1 saturated heterocycles. The van der Waals surface area contributed by atoms with Gasteiger partial charge in [0.15, 0.2) is 0 Å². The molecule has 1 aliphatic heterocycles. The van der Waals surface area contributed by atoms with Crippen molar-refractivity contribution in [2.45, 2.75) is 52.5 Å². The molecular weight excluding hydrogens is 212 g/mol. The van der Waals surface area contributed by atoms with Crippen molar-refractivity contribution in [2.24, 2.45) is 11.8 Å². The Hall–Kier alpha value is -0.570. The maximum atomic E-state index is 12.1. The predicted molar refractivity (Wildman–Crippen MR) is 71.9 cm³/mol. The van der Waals surface area contributed by atoms with Gasteiger partial charge in [0.05, 0.1) is 6.04 Å². The Kier molecular flexibility index (Phi) is 5.96. The molecule has 0 aromatic rings. The molecule has 0 saturated carbocycles. The summed E-state index contributed by atoms with van der Waals surface area (Å²) < 4.78 is 0. The third-order valence-electron chi connectivity index (χ3n) is 3.55. The summed E-state index contributed by atoms with van der Waals surface area (Å²) in [5, 5.41) is 3.16. The van der Waals surface area contributed by atoms with Crippen LogP contribution in [0.4, 0.5) is 0 Å². The lowest BCUT2D eigenvalue weighted by atomic mass is 9.98. The number of nitrogens with zero attached hydrogens (tertiary/aromatic N) is 1. The number of unbranched alkanes of at least 4 members (excludes halogenated alkanes) is 1. The molecule has 0 bridgehead atoms. The van der Waals surface area contributed by atoms with E-state index in [0.717, 1.165) is 31.8 Å². The molecule has 1 amide bonds. The second kappa shape index (κ2) is 7.00. The highest BCUT2D eigenvalue weighted by molar-refractivity contribution is 5.82. The Morgan fingerprint density at radius 2 is 1.88 bits per heavy atom. The number of nitrogens with one attached hydrogen (secondary N) is 1. The highest BCUT2D eigenvalue weighted by Crippen LogP contribution is 2.17. The first-order valence-corrected chi connectivity index (χ1v) is 7.00. The second-order valence-electron chi connectivity index (χ2n) is 5.87. The van der Waals surface area contributed by atoms with Crippen LogP contribution in [0.5, 0.6) is 0 Å². The molecule has 1 rings (SSSR count). The number of rotatable bonds is 7. The minimum atomic E-state index is 0.0367. The molecule has 1 aliphatic rings. The summed E-state index contributed by atoms with van der Waals surface area (Å²) in [5.41, 5.74) is 0. The molecule has 3 nitrogen and oxygen atoms in total. The summed E-state index contributed by atoms with van der Waals surface area (Å²) in [6, 6.07) is 0.0367. The number of likely N-dealkylation sites (N-methyl/N-ethyl adjacent to an activating group) is 1. The smallest absolute Gasteiger partial charge is 0.239 e. The highest BCUT2D eigenvalue weighted by Gasteiger charge is 2.30. The molecule has 0 aliphatic carbocycles. The summed E-state index contributed by atoms with van der Waals surface area (Å²) in [4.78, 5) is 14.1. The van der Waals surface area contributed by atoms with Gasteiger partial charge in [-0.25, -0.2) is 0 Å². The fourth-order valence-electron chi connectivity index (χ4n) is 2.39. The van der Waals surface area contributed by atoms with E-state index in [2.05, 4.69) is 26.1 Å². The van der Waals surface area contributed by atoms with E-state index in [0.29, 0.717) is 11.8 Å². The van der Waals surface area contributed by atoms with Crippen LogP contribution >= 0.6 is 0 Å². The Labute approximate surface area is 106 Å². The van der Waals surface area contributed by atoms with Crippen molar-refractivity contribution in [1.29, 1.82) is 0 Å². The van der Waals surface area contributed by atoms with Crippen molar-refractivity contribution >= 4 is 5.91 Å². The van der Waals surface area contributed by atoms with E-state index in [9.17, 15) is 4.79 Å². The topological polar surface area (TPSA) is 32.3 Å². The fourth-order valence-corrected chi connectivity index (χ4v) is 2.39. The zero-order valence-corrected chi connectivity index (χ0v) is 11.8. The number of hydrogen-bond donors (Lipinski definition) is 1. The first-order valence-electron chi connectivity index (χ1n) is 7.00. The molecule has 1 fully saturated rings. The zero-order valence-electron chi connectivity index (χ0n) is 11.8. The van der Waals surface area contributed by atoms with E-state index in [-0.39, 0.29) is 6.04 Å². The second-order valence-corrected chi connectivity index (χ2v) is 5.87. The van der Waals surface area contributed by atoms with Crippen LogP contribution in [0.1, 0.15) is 46.5 Å². The van der Waals surface area contributed by atoms with Gasteiger partial charge in [0, 0.05) is 13.1 Å². The first-order chi connectivity index (χ1) is 8.04. The molecule has 0 radical (unpaired) electrons.